The minimum Gasteiger partial charge on any atom is -0.490 e. The molecule has 0 aliphatic heterocycles. The lowest BCUT2D eigenvalue weighted by molar-refractivity contribution is 0.0953. The Balaban J connectivity index is 2.27. The smallest absolute Gasteiger partial charge is 0.265 e. The number of rotatable bonds is 6. The van der Waals surface area contributed by atoms with Gasteiger partial charge in [0.2, 0.25) is 0 Å². The molecule has 116 valence electrons. The highest BCUT2D eigenvalue weighted by Gasteiger charge is 2.15. The van der Waals surface area contributed by atoms with Crippen LogP contribution in [0.5, 0.6) is 11.5 Å². The first-order valence-electron chi connectivity index (χ1n) is 6.64. The quantitative estimate of drug-likeness (QED) is 0.466. The van der Waals surface area contributed by atoms with E-state index in [4.69, 9.17) is 15.3 Å². The lowest BCUT2D eigenvalue weighted by atomic mass is 10.2. The number of hydrazine groups is 1. The Kier molecular flexibility index (Phi) is 5.74. The van der Waals surface area contributed by atoms with E-state index in [9.17, 15) is 4.79 Å². The van der Waals surface area contributed by atoms with Gasteiger partial charge in [0.1, 0.15) is 6.61 Å². The molecule has 1 aromatic heterocycles. The van der Waals surface area contributed by atoms with Gasteiger partial charge >= 0.3 is 0 Å². The highest BCUT2D eigenvalue weighted by Crippen LogP contribution is 2.37. The summed E-state index contributed by atoms with van der Waals surface area (Å²) in [5, 5.41) is 0. The van der Waals surface area contributed by atoms with E-state index in [2.05, 4.69) is 26.3 Å². The third kappa shape index (κ3) is 3.96. The van der Waals surface area contributed by atoms with Crippen molar-refractivity contribution in [2.24, 2.45) is 5.84 Å². The highest BCUT2D eigenvalue weighted by atomic mass is 79.9. The van der Waals surface area contributed by atoms with Crippen molar-refractivity contribution >= 4 is 21.8 Å². The predicted molar refractivity (Wildman–Crippen MR) is 85.5 cm³/mol. The van der Waals surface area contributed by atoms with Crippen molar-refractivity contribution in [2.75, 3.05) is 6.61 Å². The zero-order valence-electron chi connectivity index (χ0n) is 12.0. The number of aromatic nitrogens is 1. The number of carbonyl (C=O) groups is 1. The predicted octanol–water partition coefficient (Wildman–Crippen LogP) is 2.43. The van der Waals surface area contributed by atoms with Crippen LogP contribution in [0.15, 0.2) is 41.1 Å². The van der Waals surface area contributed by atoms with Crippen LogP contribution < -0.4 is 20.7 Å². The zero-order valence-corrected chi connectivity index (χ0v) is 13.6. The van der Waals surface area contributed by atoms with Gasteiger partial charge in [0.15, 0.2) is 11.5 Å². The number of nitrogen functional groups attached to an aromatic ring is 1. The van der Waals surface area contributed by atoms with Crippen molar-refractivity contribution in [3.8, 4) is 11.5 Å². The van der Waals surface area contributed by atoms with Crippen molar-refractivity contribution < 1.29 is 14.3 Å². The largest absolute Gasteiger partial charge is 0.490 e. The fraction of sp³-hybridized carbons (Fsp3) is 0.200. The van der Waals surface area contributed by atoms with E-state index in [0.29, 0.717) is 34.7 Å². The molecule has 2 rings (SSSR count). The third-order valence-electron chi connectivity index (χ3n) is 2.81. The molecule has 0 unspecified atom stereocenters. The lowest BCUT2D eigenvalue weighted by Crippen LogP contribution is -2.30. The van der Waals surface area contributed by atoms with Crippen LogP contribution in [0.4, 0.5) is 0 Å². The number of nitrogens with one attached hydrogen (secondary N) is 1. The first-order valence-corrected chi connectivity index (χ1v) is 7.44. The number of halogens is 1. The van der Waals surface area contributed by atoms with Crippen molar-refractivity contribution in [1.82, 2.24) is 10.4 Å². The third-order valence-corrected chi connectivity index (χ3v) is 3.40. The SMILES string of the molecule is CCOc1cc(C(=O)NN)cc(Br)c1OCc1cccnc1. The molecule has 6 nitrogen and oxygen atoms in total. The van der Waals surface area contributed by atoms with Gasteiger partial charge in [-0.15, -0.1) is 0 Å². The zero-order chi connectivity index (χ0) is 15.9. The molecule has 2 aromatic rings. The van der Waals surface area contributed by atoms with Crippen LogP contribution in [-0.2, 0) is 6.61 Å². The van der Waals surface area contributed by atoms with Gasteiger partial charge in [-0.3, -0.25) is 15.2 Å². The van der Waals surface area contributed by atoms with Gasteiger partial charge in [-0.05, 0) is 41.1 Å². The van der Waals surface area contributed by atoms with Crippen LogP contribution in [0.2, 0.25) is 0 Å². The summed E-state index contributed by atoms with van der Waals surface area (Å²) in [6.45, 7) is 2.65. The van der Waals surface area contributed by atoms with Gasteiger partial charge < -0.3 is 9.47 Å². The molecule has 0 fully saturated rings. The number of benzene rings is 1. The molecule has 0 spiro atoms. The van der Waals surface area contributed by atoms with Crippen molar-refractivity contribution in [1.29, 1.82) is 0 Å². The first-order chi connectivity index (χ1) is 10.7. The Morgan fingerprint density at radius 3 is 2.86 bits per heavy atom. The number of amides is 1. The number of ether oxygens (including phenoxy) is 2. The summed E-state index contributed by atoms with van der Waals surface area (Å²) in [5.74, 6) is 5.75. The molecule has 0 saturated heterocycles. The summed E-state index contributed by atoms with van der Waals surface area (Å²) in [5.41, 5.74) is 3.40. The minimum atomic E-state index is -0.402. The summed E-state index contributed by atoms with van der Waals surface area (Å²) < 4.78 is 12.0. The number of carbonyl (C=O) groups excluding carboxylic acids is 1. The van der Waals surface area contributed by atoms with Crippen LogP contribution in [0, 0.1) is 0 Å². The summed E-state index contributed by atoms with van der Waals surface area (Å²) in [6.07, 6.45) is 3.43. The molecule has 0 radical (unpaired) electrons. The van der Waals surface area contributed by atoms with Crippen LogP contribution in [0.1, 0.15) is 22.8 Å². The van der Waals surface area contributed by atoms with Gasteiger partial charge in [0.25, 0.3) is 5.91 Å². The van der Waals surface area contributed by atoms with E-state index in [-0.39, 0.29) is 0 Å². The van der Waals surface area contributed by atoms with Gasteiger partial charge in [-0.1, -0.05) is 6.07 Å². The Bertz CT molecular complexity index is 650. The van der Waals surface area contributed by atoms with Crippen LogP contribution in [0.25, 0.3) is 0 Å². The summed E-state index contributed by atoms with van der Waals surface area (Å²) in [4.78, 5) is 15.7. The summed E-state index contributed by atoms with van der Waals surface area (Å²) in [6, 6.07) is 6.97. The van der Waals surface area contributed by atoms with E-state index < -0.39 is 5.91 Å². The maximum absolute atomic E-state index is 11.7. The van der Waals surface area contributed by atoms with Gasteiger partial charge in [0.05, 0.1) is 11.1 Å². The standard InChI is InChI=1S/C15H16BrN3O3/c1-2-21-13-7-11(15(20)19-17)6-12(16)14(13)22-9-10-4-3-5-18-8-10/h3-8H,2,9,17H2,1H3,(H,19,20). The van der Waals surface area contributed by atoms with E-state index >= 15 is 0 Å². The van der Waals surface area contributed by atoms with Gasteiger partial charge in [-0.25, -0.2) is 5.84 Å². The molecule has 7 heteroatoms. The molecule has 0 saturated carbocycles. The maximum atomic E-state index is 11.7. The van der Waals surface area contributed by atoms with Crippen molar-refractivity contribution in [3.63, 3.8) is 0 Å². The van der Waals surface area contributed by atoms with Crippen LogP contribution >= 0.6 is 15.9 Å². The summed E-state index contributed by atoms with van der Waals surface area (Å²) >= 11 is 3.40. The van der Waals surface area contributed by atoms with E-state index in [1.807, 2.05) is 19.1 Å². The Labute approximate surface area is 136 Å². The average Bonchev–Trinajstić information content (AvgIpc) is 2.54. The number of hydrogen-bond donors (Lipinski definition) is 2. The average molecular weight is 366 g/mol. The minimum absolute atomic E-state index is 0.342. The van der Waals surface area contributed by atoms with Gasteiger partial charge in [0, 0.05) is 23.5 Å². The fourth-order valence-electron chi connectivity index (χ4n) is 1.82. The molecule has 1 amide bonds. The van der Waals surface area contributed by atoms with E-state index in [1.54, 1.807) is 24.5 Å². The van der Waals surface area contributed by atoms with E-state index in [0.717, 1.165) is 5.56 Å². The second-order valence-electron chi connectivity index (χ2n) is 4.34. The normalized spacial score (nSPS) is 10.1. The van der Waals surface area contributed by atoms with Crippen LogP contribution in [0.3, 0.4) is 0 Å². The fourth-order valence-corrected chi connectivity index (χ4v) is 2.38. The Morgan fingerprint density at radius 1 is 1.41 bits per heavy atom. The lowest BCUT2D eigenvalue weighted by Gasteiger charge is -2.15. The molecule has 0 bridgehead atoms. The highest BCUT2D eigenvalue weighted by molar-refractivity contribution is 9.10. The van der Waals surface area contributed by atoms with Crippen molar-refractivity contribution in [2.45, 2.75) is 13.5 Å². The first kappa shape index (κ1) is 16.3. The summed E-state index contributed by atoms with van der Waals surface area (Å²) in [7, 11) is 0. The monoisotopic (exact) mass is 365 g/mol. The maximum Gasteiger partial charge on any atom is 0.265 e. The Hall–Kier alpha value is -2.12. The van der Waals surface area contributed by atoms with Crippen molar-refractivity contribution in [3.05, 3.63) is 52.3 Å². The Morgan fingerprint density at radius 2 is 2.23 bits per heavy atom. The molecule has 0 atom stereocenters. The molecule has 22 heavy (non-hydrogen) atoms. The molecule has 1 heterocycles. The van der Waals surface area contributed by atoms with E-state index in [1.165, 1.54) is 0 Å². The molecule has 1 aromatic carbocycles. The number of hydrogen-bond acceptors (Lipinski definition) is 5. The molecule has 0 aliphatic carbocycles. The molecular weight excluding hydrogens is 350 g/mol. The van der Waals surface area contributed by atoms with Crippen LogP contribution in [-0.4, -0.2) is 17.5 Å². The molecular formula is C15H16BrN3O3. The topological polar surface area (TPSA) is 86.5 Å². The number of nitrogens with zero attached hydrogens (tertiary/aromatic N) is 1. The second-order valence-corrected chi connectivity index (χ2v) is 5.20. The molecule has 0 aliphatic rings. The molecule has 3 N–H and O–H groups in total. The van der Waals surface area contributed by atoms with Gasteiger partial charge in [-0.2, -0.15) is 0 Å². The number of pyridine rings is 1. The second kappa shape index (κ2) is 7.77. The number of nitrogens with two attached hydrogens (primary N) is 1.